The van der Waals surface area contributed by atoms with Crippen LogP contribution in [0.3, 0.4) is 0 Å². The normalized spacial score (nSPS) is 10.9. The summed E-state index contributed by atoms with van der Waals surface area (Å²) in [6, 6.07) is 9.99. The van der Waals surface area contributed by atoms with Crippen molar-refractivity contribution in [1.29, 1.82) is 0 Å². The zero-order valence-electron chi connectivity index (χ0n) is 11.9. The maximum absolute atomic E-state index is 4.80. The number of guanidine groups is 1. The Hall–Kier alpha value is -1.09. The van der Waals surface area contributed by atoms with Crippen molar-refractivity contribution < 1.29 is 4.52 Å². The molecule has 1 aromatic heterocycles. The molecule has 0 aliphatic heterocycles. The molecule has 21 heavy (non-hydrogen) atoms. The van der Waals surface area contributed by atoms with E-state index in [9.17, 15) is 0 Å². The fourth-order valence-corrected chi connectivity index (χ4v) is 2.25. The third-order valence-electron chi connectivity index (χ3n) is 2.86. The van der Waals surface area contributed by atoms with E-state index in [1.54, 1.807) is 13.3 Å². The highest BCUT2D eigenvalue weighted by molar-refractivity contribution is 14.0. The summed E-state index contributed by atoms with van der Waals surface area (Å²) < 4.78 is 5.90. The van der Waals surface area contributed by atoms with E-state index in [-0.39, 0.29) is 24.0 Å². The van der Waals surface area contributed by atoms with E-state index in [2.05, 4.69) is 42.4 Å². The van der Waals surface area contributed by atoms with E-state index in [4.69, 9.17) is 4.52 Å². The number of halogens is 2. The lowest BCUT2D eigenvalue weighted by atomic mass is 10.2. The third-order valence-corrected chi connectivity index (χ3v) is 3.63. The van der Waals surface area contributed by atoms with E-state index < -0.39 is 0 Å². The number of hydrogen-bond acceptors (Lipinski definition) is 3. The molecule has 1 aromatic carbocycles. The Bertz CT molecular complexity index is 574. The number of aromatic nitrogens is 1. The van der Waals surface area contributed by atoms with E-state index in [1.165, 1.54) is 5.56 Å². The van der Waals surface area contributed by atoms with Gasteiger partial charge in [0.15, 0.2) is 5.96 Å². The Morgan fingerprint density at radius 1 is 1.38 bits per heavy atom. The average molecular weight is 465 g/mol. The summed E-state index contributed by atoms with van der Waals surface area (Å²) in [5, 5.41) is 7.11. The van der Waals surface area contributed by atoms with Gasteiger partial charge >= 0.3 is 0 Å². The maximum Gasteiger partial charge on any atom is 0.194 e. The number of aliphatic imine (C=N–C) groups is 1. The lowest BCUT2D eigenvalue weighted by Crippen LogP contribution is -2.38. The van der Waals surface area contributed by atoms with Crippen molar-refractivity contribution in [2.45, 2.75) is 13.1 Å². The Morgan fingerprint density at radius 2 is 2.14 bits per heavy atom. The number of nitrogens with one attached hydrogen (secondary N) is 1. The van der Waals surface area contributed by atoms with Gasteiger partial charge in [0.05, 0.1) is 6.54 Å². The molecule has 0 aliphatic rings. The monoisotopic (exact) mass is 464 g/mol. The zero-order chi connectivity index (χ0) is 14.4. The molecule has 0 atom stereocenters. The van der Waals surface area contributed by atoms with E-state index in [1.807, 2.05) is 31.3 Å². The van der Waals surface area contributed by atoms with Crippen LogP contribution in [0.2, 0.25) is 0 Å². The summed E-state index contributed by atoms with van der Waals surface area (Å²) in [6.07, 6.45) is 1.56. The summed E-state index contributed by atoms with van der Waals surface area (Å²) in [6.45, 7) is 1.35. The molecule has 0 fully saturated rings. The van der Waals surface area contributed by atoms with Crippen molar-refractivity contribution in [3.8, 4) is 0 Å². The first-order valence-electron chi connectivity index (χ1n) is 6.25. The smallest absolute Gasteiger partial charge is 0.194 e. The largest absolute Gasteiger partial charge is 0.364 e. The van der Waals surface area contributed by atoms with Crippen LogP contribution in [0.4, 0.5) is 0 Å². The van der Waals surface area contributed by atoms with Crippen LogP contribution in [-0.4, -0.2) is 30.1 Å². The predicted octanol–water partition coefficient (Wildman–Crippen LogP) is 3.26. The minimum absolute atomic E-state index is 0. The van der Waals surface area contributed by atoms with Crippen LogP contribution in [0, 0.1) is 0 Å². The summed E-state index contributed by atoms with van der Waals surface area (Å²) in [4.78, 5) is 6.33. The van der Waals surface area contributed by atoms with Crippen LogP contribution >= 0.6 is 39.9 Å². The minimum atomic E-state index is 0. The lowest BCUT2D eigenvalue weighted by molar-refractivity contribution is 0.409. The van der Waals surface area contributed by atoms with Gasteiger partial charge in [0.2, 0.25) is 0 Å². The van der Waals surface area contributed by atoms with Crippen LogP contribution in [0.15, 0.2) is 50.6 Å². The van der Waals surface area contributed by atoms with Crippen molar-refractivity contribution in [1.82, 2.24) is 15.4 Å². The second kappa shape index (κ2) is 9.04. The molecule has 1 heterocycles. The Kier molecular flexibility index (Phi) is 7.73. The molecule has 5 nitrogen and oxygen atoms in total. The number of rotatable bonds is 4. The molecule has 2 aromatic rings. The van der Waals surface area contributed by atoms with Crippen LogP contribution < -0.4 is 5.32 Å². The molecule has 2 rings (SSSR count). The van der Waals surface area contributed by atoms with E-state index in [0.717, 1.165) is 22.7 Å². The number of benzene rings is 1. The minimum Gasteiger partial charge on any atom is -0.364 e. The number of hydrogen-bond donors (Lipinski definition) is 1. The highest BCUT2D eigenvalue weighted by Gasteiger charge is 2.08. The second-order valence-corrected chi connectivity index (χ2v) is 5.19. The molecule has 0 bridgehead atoms. The second-order valence-electron chi connectivity index (χ2n) is 4.34. The summed E-state index contributed by atoms with van der Waals surface area (Å²) >= 11 is 3.56. The molecule has 0 saturated carbocycles. The summed E-state index contributed by atoms with van der Waals surface area (Å²) in [5.74, 6) is 0.809. The van der Waals surface area contributed by atoms with Gasteiger partial charge in [-0.2, -0.15) is 0 Å². The van der Waals surface area contributed by atoms with Gasteiger partial charge in [-0.15, -0.1) is 24.0 Å². The van der Waals surface area contributed by atoms with Crippen LogP contribution in [0.1, 0.15) is 11.3 Å². The molecule has 7 heteroatoms. The highest BCUT2D eigenvalue weighted by atomic mass is 127. The van der Waals surface area contributed by atoms with E-state index in [0.29, 0.717) is 6.54 Å². The van der Waals surface area contributed by atoms with Gasteiger partial charge in [-0.05, 0) is 11.6 Å². The zero-order valence-corrected chi connectivity index (χ0v) is 15.8. The molecule has 0 saturated heterocycles. The summed E-state index contributed by atoms with van der Waals surface area (Å²) in [7, 11) is 3.76. The van der Waals surface area contributed by atoms with Gasteiger partial charge in [0.1, 0.15) is 12.0 Å². The van der Waals surface area contributed by atoms with E-state index >= 15 is 0 Å². The first-order chi connectivity index (χ1) is 9.70. The van der Waals surface area contributed by atoms with Gasteiger partial charge < -0.3 is 14.7 Å². The fraction of sp³-hybridized carbons (Fsp3) is 0.286. The quantitative estimate of drug-likeness (QED) is 0.428. The predicted molar refractivity (Wildman–Crippen MR) is 97.7 cm³/mol. The number of nitrogens with zero attached hydrogens (tertiary/aromatic N) is 3. The molecular weight excluding hydrogens is 447 g/mol. The van der Waals surface area contributed by atoms with Gasteiger partial charge in [0, 0.05) is 31.2 Å². The summed E-state index contributed by atoms with van der Waals surface area (Å²) in [5.41, 5.74) is 2.06. The van der Waals surface area contributed by atoms with Gasteiger partial charge in [0.25, 0.3) is 0 Å². The molecule has 1 N–H and O–H groups in total. The highest BCUT2D eigenvalue weighted by Crippen LogP contribution is 2.17. The van der Waals surface area contributed by atoms with Crippen molar-refractivity contribution in [2.75, 3.05) is 14.1 Å². The van der Waals surface area contributed by atoms with Crippen LogP contribution in [0.5, 0.6) is 0 Å². The lowest BCUT2D eigenvalue weighted by Gasteiger charge is -2.22. The van der Waals surface area contributed by atoms with Crippen molar-refractivity contribution in [3.05, 3.63) is 52.3 Å². The van der Waals surface area contributed by atoms with Crippen molar-refractivity contribution in [2.24, 2.45) is 4.99 Å². The molecule has 0 radical (unpaired) electrons. The maximum atomic E-state index is 4.80. The Labute approximate surface area is 149 Å². The van der Waals surface area contributed by atoms with Crippen LogP contribution in [0.25, 0.3) is 0 Å². The molecule has 0 amide bonds. The molecule has 0 aliphatic carbocycles. The van der Waals surface area contributed by atoms with Gasteiger partial charge in [-0.3, -0.25) is 4.99 Å². The van der Waals surface area contributed by atoms with Crippen molar-refractivity contribution >= 4 is 45.9 Å². The average Bonchev–Trinajstić information content (AvgIpc) is 2.95. The third kappa shape index (κ3) is 5.31. The topological polar surface area (TPSA) is 53.7 Å². The molecule has 114 valence electrons. The fourth-order valence-electron chi connectivity index (χ4n) is 1.84. The van der Waals surface area contributed by atoms with Gasteiger partial charge in [-0.1, -0.05) is 39.3 Å². The van der Waals surface area contributed by atoms with Crippen molar-refractivity contribution in [3.63, 3.8) is 0 Å². The van der Waals surface area contributed by atoms with Crippen LogP contribution in [-0.2, 0) is 13.1 Å². The molecule has 0 spiro atoms. The van der Waals surface area contributed by atoms with Gasteiger partial charge in [-0.25, -0.2) is 0 Å². The molecular formula is C14H18BrIN4O. The molecule has 0 unspecified atom stereocenters. The standard InChI is InChI=1S/C14H17BrN4O.HI/c1-16-14(17-9-12-7-8-20-18-12)19(2)10-11-5-3-4-6-13(11)15;/h3-8H,9-10H2,1-2H3,(H,16,17);1H. The first-order valence-corrected chi connectivity index (χ1v) is 7.04. The first kappa shape index (κ1) is 18.0. The Balaban J connectivity index is 0.00000220. The SMILES string of the molecule is CN=C(NCc1ccon1)N(C)Cc1ccccc1Br.I. The Morgan fingerprint density at radius 3 is 2.76 bits per heavy atom.